The summed E-state index contributed by atoms with van der Waals surface area (Å²) in [5, 5.41) is 0.144. The molecule has 0 heterocycles. The summed E-state index contributed by atoms with van der Waals surface area (Å²) in [7, 11) is -3.76. The maximum atomic E-state index is 13.2. The van der Waals surface area contributed by atoms with Gasteiger partial charge in [0.1, 0.15) is 11.5 Å². The first kappa shape index (κ1) is 17.6. The van der Waals surface area contributed by atoms with E-state index in [2.05, 4.69) is 0 Å². The molecule has 0 saturated carbocycles. The number of hydrogen-bond donors (Lipinski definition) is 0. The molecule has 23 heavy (non-hydrogen) atoms. The second-order valence-electron chi connectivity index (χ2n) is 4.59. The van der Waals surface area contributed by atoms with Crippen molar-refractivity contribution in [2.45, 2.75) is 18.0 Å². The molecule has 2 aromatic carbocycles. The number of halogens is 4. The Balaban J connectivity index is 2.54. The van der Waals surface area contributed by atoms with E-state index >= 15 is 0 Å². The molecular formula is C15H12ClF3O3S. The molecule has 2 rings (SSSR count). The van der Waals surface area contributed by atoms with E-state index in [4.69, 9.17) is 16.3 Å². The number of sulfone groups is 1. The third kappa shape index (κ3) is 3.97. The van der Waals surface area contributed by atoms with Gasteiger partial charge in [-0.3, -0.25) is 0 Å². The van der Waals surface area contributed by atoms with Crippen LogP contribution in [0.25, 0.3) is 0 Å². The summed E-state index contributed by atoms with van der Waals surface area (Å²) in [4.78, 5) is -0.404. The van der Waals surface area contributed by atoms with E-state index in [0.29, 0.717) is 6.07 Å². The van der Waals surface area contributed by atoms with Gasteiger partial charge in [-0.15, -0.1) is 0 Å². The summed E-state index contributed by atoms with van der Waals surface area (Å²) in [6.07, 6.45) is -4.77. The Morgan fingerprint density at radius 3 is 2.30 bits per heavy atom. The summed E-state index contributed by atoms with van der Waals surface area (Å²) >= 11 is 5.86. The number of alkyl halides is 3. The minimum atomic E-state index is -4.77. The van der Waals surface area contributed by atoms with Crippen LogP contribution in [0.2, 0.25) is 5.02 Å². The van der Waals surface area contributed by atoms with Crippen molar-refractivity contribution in [3.8, 4) is 11.5 Å². The molecule has 0 radical (unpaired) electrons. The summed E-state index contributed by atoms with van der Waals surface area (Å²) in [6, 6.07) is 8.69. The Morgan fingerprint density at radius 2 is 1.74 bits per heavy atom. The van der Waals surface area contributed by atoms with Gasteiger partial charge < -0.3 is 4.74 Å². The number of benzene rings is 2. The molecule has 0 bridgehead atoms. The van der Waals surface area contributed by atoms with E-state index in [1.807, 2.05) is 0 Å². The van der Waals surface area contributed by atoms with Crippen molar-refractivity contribution >= 4 is 21.4 Å². The second-order valence-corrected chi connectivity index (χ2v) is 7.28. The zero-order chi connectivity index (χ0) is 17.3. The number of ether oxygens (including phenoxy) is 1. The monoisotopic (exact) mass is 364 g/mol. The molecule has 0 unspecified atom stereocenters. The lowest BCUT2D eigenvalue weighted by atomic mass is 10.2. The molecule has 0 amide bonds. The summed E-state index contributed by atoms with van der Waals surface area (Å²) in [5.41, 5.74) is -1.17. The molecule has 124 valence electrons. The van der Waals surface area contributed by atoms with E-state index in [1.165, 1.54) is 19.1 Å². The first-order valence-electron chi connectivity index (χ1n) is 6.51. The van der Waals surface area contributed by atoms with E-state index in [-0.39, 0.29) is 16.5 Å². The Labute approximate surface area is 136 Å². The van der Waals surface area contributed by atoms with Crippen LogP contribution in [0.5, 0.6) is 11.5 Å². The highest BCUT2D eigenvalue weighted by Gasteiger charge is 2.36. The van der Waals surface area contributed by atoms with Gasteiger partial charge in [-0.1, -0.05) is 30.7 Å². The van der Waals surface area contributed by atoms with Crippen LogP contribution in [0.3, 0.4) is 0 Å². The number of para-hydroxylation sites is 1. The van der Waals surface area contributed by atoms with Gasteiger partial charge in [0.05, 0.1) is 21.2 Å². The minimum absolute atomic E-state index is 0.0470. The topological polar surface area (TPSA) is 43.4 Å². The fraction of sp³-hybridized carbons (Fsp3) is 0.200. The predicted molar refractivity (Wildman–Crippen MR) is 80.7 cm³/mol. The first-order valence-corrected chi connectivity index (χ1v) is 8.54. The molecule has 0 aliphatic rings. The fourth-order valence-corrected chi connectivity index (χ4v) is 2.91. The van der Waals surface area contributed by atoms with Crippen molar-refractivity contribution in [1.29, 1.82) is 0 Å². The van der Waals surface area contributed by atoms with Gasteiger partial charge in [0.2, 0.25) is 0 Å². The number of hydrogen-bond acceptors (Lipinski definition) is 3. The molecule has 0 N–H and O–H groups in total. The molecule has 8 heteroatoms. The molecule has 2 aromatic rings. The van der Waals surface area contributed by atoms with Crippen LogP contribution in [0.1, 0.15) is 12.5 Å². The molecule has 0 spiro atoms. The first-order chi connectivity index (χ1) is 10.6. The highest BCUT2D eigenvalue weighted by molar-refractivity contribution is 7.91. The van der Waals surface area contributed by atoms with Crippen LogP contribution in [0, 0.1) is 0 Å². The summed E-state index contributed by atoms with van der Waals surface area (Å²) in [6.45, 7) is 1.36. The van der Waals surface area contributed by atoms with Gasteiger partial charge in [0.15, 0.2) is 9.84 Å². The molecule has 0 aromatic heterocycles. The van der Waals surface area contributed by atoms with Crippen molar-refractivity contribution < 1.29 is 26.3 Å². The summed E-state index contributed by atoms with van der Waals surface area (Å²) in [5.74, 6) is -0.763. The van der Waals surface area contributed by atoms with Crippen molar-refractivity contribution in [2.75, 3.05) is 5.75 Å². The summed E-state index contributed by atoms with van der Waals surface area (Å²) < 4.78 is 68.4. The number of rotatable bonds is 4. The molecular weight excluding hydrogens is 353 g/mol. The highest BCUT2D eigenvalue weighted by atomic mass is 35.5. The fourth-order valence-electron chi connectivity index (χ4n) is 1.83. The smallest absolute Gasteiger partial charge is 0.420 e. The van der Waals surface area contributed by atoms with Crippen LogP contribution in [0.15, 0.2) is 47.4 Å². The van der Waals surface area contributed by atoms with Crippen LogP contribution in [-0.2, 0) is 16.0 Å². The zero-order valence-electron chi connectivity index (χ0n) is 11.9. The largest absolute Gasteiger partial charge is 0.455 e. The quantitative estimate of drug-likeness (QED) is 0.771. The molecule has 0 fully saturated rings. The lowest BCUT2D eigenvalue weighted by Gasteiger charge is -2.15. The average Bonchev–Trinajstić information content (AvgIpc) is 2.48. The van der Waals surface area contributed by atoms with E-state index in [9.17, 15) is 21.6 Å². The van der Waals surface area contributed by atoms with Crippen molar-refractivity contribution in [2.24, 2.45) is 0 Å². The van der Waals surface area contributed by atoms with Gasteiger partial charge in [0.25, 0.3) is 0 Å². The van der Waals surface area contributed by atoms with Crippen LogP contribution >= 0.6 is 11.6 Å². The normalized spacial score (nSPS) is 12.2. The predicted octanol–water partition coefficient (Wildman–Crippen LogP) is 4.94. The van der Waals surface area contributed by atoms with E-state index < -0.39 is 32.2 Å². The van der Waals surface area contributed by atoms with Crippen molar-refractivity contribution in [3.63, 3.8) is 0 Å². The molecule has 0 saturated heterocycles. The lowest BCUT2D eigenvalue weighted by Crippen LogP contribution is -2.11. The molecule has 3 nitrogen and oxygen atoms in total. The maximum Gasteiger partial charge on any atom is 0.420 e. The Hall–Kier alpha value is -1.73. The average molecular weight is 365 g/mol. The second kappa shape index (κ2) is 6.41. The Kier molecular flexibility index (Phi) is 4.91. The van der Waals surface area contributed by atoms with Gasteiger partial charge in [0, 0.05) is 0 Å². The van der Waals surface area contributed by atoms with Gasteiger partial charge >= 0.3 is 6.18 Å². The maximum absolute atomic E-state index is 13.2. The van der Waals surface area contributed by atoms with Gasteiger partial charge in [-0.2, -0.15) is 13.2 Å². The van der Waals surface area contributed by atoms with Crippen LogP contribution in [0.4, 0.5) is 13.2 Å². The third-order valence-corrected chi connectivity index (χ3v) is 5.10. The van der Waals surface area contributed by atoms with Crippen molar-refractivity contribution in [3.05, 3.63) is 53.1 Å². The van der Waals surface area contributed by atoms with E-state index in [1.54, 1.807) is 12.1 Å². The minimum Gasteiger partial charge on any atom is -0.455 e. The SMILES string of the molecule is CCS(=O)(=O)c1ccc(Oc2ccccc2Cl)c(C(F)(F)F)c1. The lowest BCUT2D eigenvalue weighted by molar-refractivity contribution is -0.138. The van der Waals surface area contributed by atoms with Gasteiger partial charge in [-0.05, 0) is 30.3 Å². The van der Waals surface area contributed by atoms with Crippen LogP contribution in [-0.4, -0.2) is 14.2 Å². The van der Waals surface area contributed by atoms with Gasteiger partial charge in [-0.25, -0.2) is 8.42 Å². The third-order valence-electron chi connectivity index (χ3n) is 3.05. The van der Waals surface area contributed by atoms with Crippen molar-refractivity contribution in [1.82, 2.24) is 0 Å². The molecule has 0 aliphatic carbocycles. The Bertz CT molecular complexity index is 817. The van der Waals surface area contributed by atoms with Crippen LogP contribution < -0.4 is 4.74 Å². The molecule has 0 aliphatic heterocycles. The Morgan fingerprint density at radius 1 is 1.09 bits per heavy atom. The highest BCUT2D eigenvalue weighted by Crippen LogP contribution is 2.40. The molecule has 0 atom stereocenters. The zero-order valence-corrected chi connectivity index (χ0v) is 13.5. The van der Waals surface area contributed by atoms with E-state index in [0.717, 1.165) is 12.1 Å². The standard InChI is InChI=1S/C15H12ClF3O3S/c1-2-23(20,21)10-7-8-13(11(9-10)15(17,18)19)22-14-6-4-3-5-12(14)16/h3-9H,2H2,1H3.